The van der Waals surface area contributed by atoms with Gasteiger partial charge in [0.2, 0.25) is 16.1 Å². The maximum absolute atomic E-state index is 12.7. The van der Waals surface area contributed by atoms with E-state index in [1.807, 2.05) is 0 Å². The van der Waals surface area contributed by atoms with Crippen LogP contribution >= 0.6 is 11.6 Å². The first kappa shape index (κ1) is 18.2. The number of nitrogens with zero attached hydrogens (tertiary/aromatic N) is 1. The minimum Gasteiger partial charge on any atom is -0.463 e. The number of halogens is 1. The monoisotopic (exact) mass is 387 g/mol. The molecule has 2 atom stereocenters. The van der Waals surface area contributed by atoms with Crippen LogP contribution in [-0.4, -0.2) is 50.5 Å². The smallest absolute Gasteiger partial charge is 0.347 e. The van der Waals surface area contributed by atoms with Crippen molar-refractivity contribution in [2.24, 2.45) is 5.92 Å². The van der Waals surface area contributed by atoms with Crippen LogP contribution in [0.4, 0.5) is 0 Å². The molecule has 25 heavy (non-hydrogen) atoms. The normalized spacial score (nSPS) is 24.8. The molecule has 2 saturated heterocycles. The van der Waals surface area contributed by atoms with Gasteiger partial charge in [-0.05, 0) is 37.1 Å². The highest BCUT2D eigenvalue weighted by molar-refractivity contribution is 7.89. The van der Waals surface area contributed by atoms with Crippen molar-refractivity contribution in [2.45, 2.75) is 30.3 Å². The number of ether oxygens (including phenoxy) is 2. The van der Waals surface area contributed by atoms with Gasteiger partial charge in [0.15, 0.2) is 0 Å². The lowest BCUT2D eigenvalue weighted by Gasteiger charge is -2.31. The van der Waals surface area contributed by atoms with Crippen LogP contribution in [0, 0.1) is 5.92 Å². The lowest BCUT2D eigenvalue weighted by atomic mass is 10.00. The van der Waals surface area contributed by atoms with Gasteiger partial charge in [-0.25, -0.2) is 13.2 Å². The average molecular weight is 388 g/mol. The zero-order chi connectivity index (χ0) is 18.0. The number of carbonyl (C=O) groups is 2. The second-order valence-electron chi connectivity index (χ2n) is 6.04. The van der Waals surface area contributed by atoms with Gasteiger partial charge in [-0.15, -0.1) is 0 Å². The van der Waals surface area contributed by atoms with Gasteiger partial charge in [0.1, 0.15) is 0 Å². The summed E-state index contributed by atoms with van der Waals surface area (Å²) in [6.07, 6.45) is 0.523. The number of carbonyl (C=O) groups excluding carboxylic acids is 2. The summed E-state index contributed by atoms with van der Waals surface area (Å²) >= 11 is 5.80. The van der Waals surface area contributed by atoms with Crippen LogP contribution in [0.5, 0.6) is 0 Å². The van der Waals surface area contributed by atoms with Gasteiger partial charge in [-0.1, -0.05) is 11.6 Å². The van der Waals surface area contributed by atoms with E-state index in [1.165, 1.54) is 28.6 Å². The van der Waals surface area contributed by atoms with E-state index in [0.717, 1.165) is 0 Å². The van der Waals surface area contributed by atoms with Crippen molar-refractivity contribution in [3.05, 3.63) is 29.3 Å². The van der Waals surface area contributed by atoms with Crippen LogP contribution in [0.2, 0.25) is 5.02 Å². The van der Waals surface area contributed by atoms with Gasteiger partial charge >= 0.3 is 11.9 Å². The minimum atomic E-state index is -3.71. The molecule has 9 heteroatoms. The number of hydrogen-bond donors (Lipinski definition) is 0. The highest BCUT2D eigenvalue weighted by atomic mass is 35.5. The Bertz CT molecular complexity index is 763. The van der Waals surface area contributed by atoms with E-state index in [4.69, 9.17) is 21.1 Å². The van der Waals surface area contributed by atoms with Gasteiger partial charge in [-0.3, -0.25) is 4.79 Å². The highest BCUT2D eigenvalue weighted by Crippen LogP contribution is 2.26. The first-order chi connectivity index (χ1) is 11.9. The van der Waals surface area contributed by atoms with Crippen molar-refractivity contribution < 1.29 is 27.5 Å². The van der Waals surface area contributed by atoms with Crippen molar-refractivity contribution in [2.75, 3.05) is 19.7 Å². The highest BCUT2D eigenvalue weighted by Gasteiger charge is 2.37. The molecule has 1 aromatic rings. The van der Waals surface area contributed by atoms with Crippen LogP contribution in [0.15, 0.2) is 29.2 Å². The number of cyclic esters (lactones) is 1. The topological polar surface area (TPSA) is 90.0 Å². The van der Waals surface area contributed by atoms with Gasteiger partial charge < -0.3 is 9.47 Å². The summed E-state index contributed by atoms with van der Waals surface area (Å²) in [5.74, 6) is -1.70. The quantitative estimate of drug-likeness (QED) is 0.729. The molecule has 2 heterocycles. The van der Waals surface area contributed by atoms with Gasteiger partial charge in [0.25, 0.3) is 0 Å². The maximum atomic E-state index is 12.7. The predicted molar refractivity (Wildman–Crippen MR) is 88.4 cm³/mol. The molecule has 7 nitrogen and oxygen atoms in total. The second-order valence-corrected chi connectivity index (χ2v) is 8.41. The molecule has 2 aliphatic heterocycles. The van der Waals surface area contributed by atoms with Crippen molar-refractivity contribution in [1.29, 1.82) is 0 Å². The number of sulfonamides is 1. The van der Waals surface area contributed by atoms with Gasteiger partial charge in [0.05, 0.1) is 17.4 Å². The Hall–Kier alpha value is -1.64. The molecule has 0 spiro atoms. The van der Waals surface area contributed by atoms with E-state index in [9.17, 15) is 18.0 Å². The minimum absolute atomic E-state index is 0.0333. The summed E-state index contributed by atoms with van der Waals surface area (Å²) in [4.78, 5) is 23.8. The largest absolute Gasteiger partial charge is 0.463 e. The van der Waals surface area contributed by atoms with Crippen LogP contribution in [0.3, 0.4) is 0 Å². The average Bonchev–Trinajstić information content (AvgIpc) is 3.00. The Morgan fingerprint density at radius 3 is 2.60 bits per heavy atom. The standard InChI is InChI=1S/C16H18ClNO6S/c17-12-3-5-13(6-4-12)25(21,22)18-8-1-2-11(10-18)15(19)24-14-7-9-23-16(14)20/h3-6,11,14H,1-2,7-10H2. The summed E-state index contributed by atoms with van der Waals surface area (Å²) in [5.41, 5.74) is 0. The summed E-state index contributed by atoms with van der Waals surface area (Å²) in [6.45, 7) is 0.601. The third-order valence-electron chi connectivity index (χ3n) is 4.31. The molecular formula is C16H18ClNO6S. The Morgan fingerprint density at radius 2 is 1.96 bits per heavy atom. The van der Waals surface area contributed by atoms with Crippen molar-refractivity contribution in [1.82, 2.24) is 4.31 Å². The zero-order valence-electron chi connectivity index (χ0n) is 13.4. The van der Waals surface area contributed by atoms with Crippen molar-refractivity contribution in [3.8, 4) is 0 Å². The Balaban J connectivity index is 1.68. The molecule has 2 aliphatic rings. The summed E-state index contributed by atoms with van der Waals surface area (Å²) in [6, 6.07) is 5.90. The molecular weight excluding hydrogens is 370 g/mol. The number of piperidine rings is 1. The van der Waals surface area contributed by atoms with E-state index < -0.39 is 34.0 Å². The first-order valence-corrected chi connectivity index (χ1v) is 9.82. The Morgan fingerprint density at radius 1 is 1.24 bits per heavy atom. The van der Waals surface area contributed by atoms with Crippen molar-refractivity contribution >= 4 is 33.6 Å². The predicted octanol–water partition coefficient (Wildman–Crippen LogP) is 1.60. The van der Waals surface area contributed by atoms with Gasteiger partial charge in [-0.2, -0.15) is 4.31 Å². The lowest BCUT2D eigenvalue weighted by Crippen LogP contribution is -2.43. The molecule has 0 aliphatic carbocycles. The molecule has 3 rings (SSSR count). The molecule has 0 amide bonds. The molecule has 2 unspecified atom stereocenters. The number of esters is 2. The molecule has 0 aromatic heterocycles. The molecule has 0 bridgehead atoms. The number of rotatable bonds is 4. The Labute approximate surface area is 150 Å². The van der Waals surface area contributed by atoms with Crippen LogP contribution in [-0.2, 0) is 29.1 Å². The fraction of sp³-hybridized carbons (Fsp3) is 0.500. The van der Waals surface area contributed by atoms with E-state index in [-0.39, 0.29) is 18.0 Å². The second kappa shape index (κ2) is 7.31. The molecule has 0 saturated carbocycles. The molecule has 136 valence electrons. The number of benzene rings is 1. The summed E-state index contributed by atoms with van der Waals surface area (Å²) in [7, 11) is -3.71. The van der Waals surface area contributed by atoms with Crippen LogP contribution < -0.4 is 0 Å². The fourth-order valence-electron chi connectivity index (χ4n) is 2.93. The van der Waals surface area contributed by atoms with Crippen molar-refractivity contribution in [3.63, 3.8) is 0 Å². The van der Waals surface area contributed by atoms with E-state index in [0.29, 0.717) is 30.8 Å². The van der Waals surface area contributed by atoms with Crippen LogP contribution in [0.25, 0.3) is 0 Å². The molecule has 2 fully saturated rings. The van der Waals surface area contributed by atoms with Gasteiger partial charge in [0, 0.05) is 24.5 Å². The third kappa shape index (κ3) is 3.96. The summed E-state index contributed by atoms with van der Waals surface area (Å²) < 4.78 is 36.7. The molecule has 0 radical (unpaired) electrons. The molecule has 1 aromatic carbocycles. The SMILES string of the molecule is O=C(OC1CCOC1=O)C1CCCN(S(=O)(=O)c2ccc(Cl)cc2)C1. The van der Waals surface area contributed by atoms with E-state index in [2.05, 4.69) is 0 Å². The Kier molecular flexibility index (Phi) is 5.31. The summed E-state index contributed by atoms with van der Waals surface area (Å²) in [5, 5.41) is 0.447. The molecule has 0 N–H and O–H groups in total. The fourth-order valence-corrected chi connectivity index (χ4v) is 4.58. The maximum Gasteiger partial charge on any atom is 0.347 e. The number of hydrogen-bond acceptors (Lipinski definition) is 6. The zero-order valence-corrected chi connectivity index (χ0v) is 15.0. The van der Waals surface area contributed by atoms with Crippen LogP contribution in [0.1, 0.15) is 19.3 Å². The van der Waals surface area contributed by atoms with E-state index in [1.54, 1.807) is 0 Å². The van der Waals surface area contributed by atoms with E-state index >= 15 is 0 Å². The first-order valence-electron chi connectivity index (χ1n) is 8.01. The lowest BCUT2D eigenvalue weighted by molar-refractivity contribution is -0.164. The third-order valence-corrected chi connectivity index (χ3v) is 6.45.